The Morgan fingerprint density at radius 2 is 2.00 bits per heavy atom. The third kappa shape index (κ3) is 2.98. The van der Waals surface area contributed by atoms with Crippen LogP contribution < -0.4 is 4.74 Å². The van der Waals surface area contributed by atoms with E-state index in [-0.39, 0.29) is 17.2 Å². The lowest BCUT2D eigenvalue weighted by Crippen LogP contribution is -2.13. The van der Waals surface area contributed by atoms with Crippen LogP contribution in [0.3, 0.4) is 0 Å². The number of ketones is 1. The molecular formula is C19H18N2O4. The minimum absolute atomic E-state index is 0.247. The van der Waals surface area contributed by atoms with Crippen molar-refractivity contribution in [2.24, 2.45) is 0 Å². The second-order valence-corrected chi connectivity index (χ2v) is 5.93. The van der Waals surface area contributed by atoms with E-state index in [1.165, 1.54) is 7.11 Å². The SMILES string of the molecule is COc1ccc2[nH]c(C(=O)c3cc(C)ccn3)c(C(C)C(=O)O)c2c1. The van der Waals surface area contributed by atoms with E-state index in [1.807, 2.05) is 6.92 Å². The number of methoxy groups -OCH3 is 1. The first-order chi connectivity index (χ1) is 11.9. The van der Waals surface area contributed by atoms with Gasteiger partial charge in [0.05, 0.1) is 18.7 Å². The smallest absolute Gasteiger partial charge is 0.310 e. The van der Waals surface area contributed by atoms with Crippen molar-refractivity contribution in [3.05, 3.63) is 59.0 Å². The summed E-state index contributed by atoms with van der Waals surface area (Å²) in [5.74, 6) is -1.60. The molecule has 0 radical (unpaired) electrons. The minimum Gasteiger partial charge on any atom is -0.497 e. The lowest BCUT2D eigenvalue weighted by molar-refractivity contribution is -0.138. The first-order valence-corrected chi connectivity index (χ1v) is 7.82. The Hall–Kier alpha value is -3.15. The number of hydrogen-bond donors (Lipinski definition) is 2. The van der Waals surface area contributed by atoms with Crippen molar-refractivity contribution in [3.8, 4) is 5.75 Å². The highest BCUT2D eigenvalue weighted by Crippen LogP contribution is 2.33. The van der Waals surface area contributed by atoms with Gasteiger partial charge in [-0.1, -0.05) is 0 Å². The second-order valence-electron chi connectivity index (χ2n) is 5.93. The van der Waals surface area contributed by atoms with Gasteiger partial charge >= 0.3 is 5.97 Å². The molecule has 0 aliphatic rings. The molecular weight excluding hydrogens is 320 g/mol. The van der Waals surface area contributed by atoms with E-state index in [0.29, 0.717) is 22.2 Å². The molecule has 3 aromatic rings. The molecule has 0 fully saturated rings. The molecule has 2 heterocycles. The van der Waals surface area contributed by atoms with Crippen LogP contribution in [-0.4, -0.2) is 33.9 Å². The number of benzene rings is 1. The number of carboxylic acid groups (broad SMARTS) is 1. The molecule has 0 aliphatic carbocycles. The minimum atomic E-state index is -1.00. The topological polar surface area (TPSA) is 92.3 Å². The number of aryl methyl sites for hydroxylation is 1. The fourth-order valence-electron chi connectivity index (χ4n) is 2.86. The molecule has 6 heteroatoms. The summed E-state index contributed by atoms with van der Waals surface area (Å²) >= 11 is 0. The number of nitrogens with one attached hydrogen (secondary N) is 1. The van der Waals surface area contributed by atoms with Crippen molar-refractivity contribution in [1.82, 2.24) is 9.97 Å². The number of fused-ring (bicyclic) bond motifs is 1. The Kier molecular flexibility index (Phi) is 4.27. The number of ether oxygens (including phenoxy) is 1. The van der Waals surface area contributed by atoms with Gasteiger partial charge in [0.15, 0.2) is 0 Å². The summed E-state index contributed by atoms with van der Waals surface area (Å²) in [6.07, 6.45) is 1.56. The number of H-pyrrole nitrogens is 1. The van der Waals surface area contributed by atoms with Crippen molar-refractivity contribution in [1.29, 1.82) is 0 Å². The maximum Gasteiger partial charge on any atom is 0.310 e. The molecule has 1 atom stereocenters. The van der Waals surface area contributed by atoms with Crippen LogP contribution in [0.2, 0.25) is 0 Å². The molecule has 0 spiro atoms. The fraction of sp³-hybridized carbons (Fsp3) is 0.211. The molecule has 0 aliphatic heterocycles. The number of carbonyl (C=O) groups excluding carboxylic acids is 1. The highest BCUT2D eigenvalue weighted by atomic mass is 16.5. The van der Waals surface area contributed by atoms with Crippen LogP contribution in [0.1, 0.15) is 40.2 Å². The van der Waals surface area contributed by atoms with Gasteiger partial charge in [-0.3, -0.25) is 14.6 Å². The normalized spacial score (nSPS) is 12.1. The van der Waals surface area contributed by atoms with Gasteiger partial charge in [-0.2, -0.15) is 0 Å². The Morgan fingerprint density at radius 1 is 1.24 bits per heavy atom. The third-order valence-corrected chi connectivity index (χ3v) is 4.22. The summed E-state index contributed by atoms with van der Waals surface area (Å²) in [5, 5.41) is 10.1. The zero-order chi connectivity index (χ0) is 18.1. The number of carbonyl (C=O) groups is 2. The number of aromatic amines is 1. The molecule has 2 N–H and O–H groups in total. The summed E-state index contributed by atoms with van der Waals surface area (Å²) < 4.78 is 5.23. The second kappa shape index (κ2) is 6.39. The molecule has 0 amide bonds. The van der Waals surface area contributed by atoms with Crippen LogP contribution in [-0.2, 0) is 4.79 Å². The van der Waals surface area contributed by atoms with Crippen molar-refractivity contribution in [3.63, 3.8) is 0 Å². The van der Waals surface area contributed by atoms with Gasteiger partial charge in [0.25, 0.3) is 0 Å². The van der Waals surface area contributed by atoms with Gasteiger partial charge in [0.1, 0.15) is 11.4 Å². The van der Waals surface area contributed by atoms with E-state index in [1.54, 1.807) is 43.5 Å². The standard InChI is InChI=1S/C19H18N2O4/c1-10-6-7-20-15(8-10)18(22)17-16(11(2)19(23)24)13-9-12(25-3)4-5-14(13)21-17/h4-9,11,21H,1-3H3,(H,23,24). The van der Waals surface area contributed by atoms with Crippen LogP contribution >= 0.6 is 0 Å². The molecule has 128 valence electrons. The van der Waals surface area contributed by atoms with E-state index in [0.717, 1.165) is 5.56 Å². The summed E-state index contributed by atoms with van der Waals surface area (Å²) in [4.78, 5) is 31.7. The number of aliphatic carboxylic acids is 1. The van der Waals surface area contributed by atoms with Gasteiger partial charge in [0, 0.05) is 22.7 Å². The molecule has 6 nitrogen and oxygen atoms in total. The van der Waals surface area contributed by atoms with Gasteiger partial charge in [-0.15, -0.1) is 0 Å². The quantitative estimate of drug-likeness (QED) is 0.696. The van der Waals surface area contributed by atoms with Crippen LogP contribution in [0.4, 0.5) is 0 Å². The van der Waals surface area contributed by atoms with Gasteiger partial charge < -0.3 is 14.8 Å². The summed E-state index contributed by atoms with van der Waals surface area (Å²) in [6.45, 7) is 3.43. The van der Waals surface area contributed by atoms with E-state index in [2.05, 4.69) is 9.97 Å². The summed E-state index contributed by atoms with van der Waals surface area (Å²) in [5.41, 5.74) is 2.55. The zero-order valence-electron chi connectivity index (χ0n) is 14.2. The highest BCUT2D eigenvalue weighted by Gasteiger charge is 2.27. The van der Waals surface area contributed by atoms with Crippen molar-refractivity contribution >= 4 is 22.7 Å². The molecule has 3 rings (SSSR count). The number of nitrogens with zero attached hydrogens (tertiary/aromatic N) is 1. The Balaban J connectivity index is 2.24. The Labute approximate surface area is 144 Å². The fourth-order valence-corrected chi connectivity index (χ4v) is 2.86. The molecule has 1 unspecified atom stereocenters. The van der Waals surface area contributed by atoms with Crippen molar-refractivity contribution < 1.29 is 19.4 Å². The summed E-state index contributed by atoms with van der Waals surface area (Å²) in [6, 6.07) is 8.75. The average Bonchev–Trinajstić information content (AvgIpc) is 2.98. The van der Waals surface area contributed by atoms with Gasteiger partial charge in [-0.25, -0.2) is 0 Å². The molecule has 0 saturated carbocycles. The Morgan fingerprint density at radius 3 is 2.64 bits per heavy atom. The predicted octanol–water partition coefficient (Wildman–Crippen LogP) is 3.30. The number of pyridine rings is 1. The number of hydrogen-bond acceptors (Lipinski definition) is 4. The largest absolute Gasteiger partial charge is 0.497 e. The maximum atomic E-state index is 13.0. The lowest BCUT2D eigenvalue weighted by atomic mass is 9.95. The molecule has 0 saturated heterocycles. The van der Waals surface area contributed by atoms with E-state index >= 15 is 0 Å². The van der Waals surface area contributed by atoms with E-state index in [9.17, 15) is 14.7 Å². The van der Waals surface area contributed by atoms with Crippen LogP contribution in [0.25, 0.3) is 10.9 Å². The zero-order valence-corrected chi connectivity index (χ0v) is 14.2. The molecule has 0 bridgehead atoms. The lowest BCUT2D eigenvalue weighted by Gasteiger charge is -2.09. The van der Waals surface area contributed by atoms with Gasteiger partial charge in [-0.05, 0) is 49.7 Å². The first-order valence-electron chi connectivity index (χ1n) is 7.82. The van der Waals surface area contributed by atoms with E-state index < -0.39 is 11.9 Å². The molecule has 1 aromatic carbocycles. The first kappa shape index (κ1) is 16.7. The Bertz CT molecular complexity index is 975. The molecule has 2 aromatic heterocycles. The van der Waals surface area contributed by atoms with Crippen LogP contribution in [0.5, 0.6) is 5.75 Å². The van der Waals surface area contributed by atoms with Gasteiger partial charge in [0.2, 0.25) is 5.78 Å². The molecule has 25 heavy (non-hydrogen) atoms. The third-order valence-electron chi connectivity index (χ3n) is 4.22. The summed E-state index contributed by atoms with van der Waals surface area (Å²) in [7, 11) is 1.54. The van der Waals surface area contributed by atoms with E-state index in [4.69, 9.17) is 4.74 Å². The highest BCUT2D eigenvalue weighted by molar-refractivity contribution is 6.12. The average molecular weight is 338 g/mol. The van der Waals surface area contributed by atoms with Crippen LogP contribution in [0, 0.1) is 6.92 Å². The maximum absolute atomic E-state index is 13.0. The number of carboxylic acids is 1. The monoisotopic (exact) mass is 338 g/mol. The van der Waals surface area contributed by atoms with Crippen molar-refractivity contribution in [2.75, 3.05) is 7.11 Å². The number of aromatic nitrogens is 2. The predicted molar refractivity (Wildman–Crippen MR) is 93.3 cm³/mol. The number of rotatable bonds is 5. The van der Waals surface area contributed by atoms with Crippen LogP contribution in [0.15, 0.2) is 36.5 Å². The van der Waals surface area contributed by atoms with Crippen molar-refractivity contribution in [2.45, 2.75) is 19.8 Å².